The molecule has 0 saturated carbocycles. The Morgan fingerprint density at radius 2 is 1.84 bits per heavy atom. The van der Waals surface area contributed by atoms with Gasteiger partial charge in [-0.3, -0.25) is 0 Å². The SMILES string of the molecule is COc1cccc(-c2ccc(N3CCN(C(=O)Nc4cc(C)ccc4Cl)CC3)nn2)c1. The number of urea groups is 1. The Morgan fingerprint density at radius 1 is 1.03 bits per heavy atom. The van der Waals surface area contributed by atoms with Gasteiger partial charge in [0.25, 0.3) is 0 Å². The zero-order valence-corrected chi connectivity index (χ0v) is 18.3. The molecule has 8 heteroatoms. The Morgan fingerprint density at radius 3 is 2.55 bits per heavy atom. The first kappa shape index (κ1) is 20.9. The monoisotopic (exact) mass is 437 g/mol. The third-order valence-corrected chi connectivity index (χ3v) is 5.60. The third kappa shape index (κ3) is 4.88. The molecule has 1 aliphatic rings. The van der Waals surface area contributed by atoms with Crippen LogP contribution in [0, 0.1) is 6.92 Å². The van der Waals surface area contributed by atoms with Gasteiger partial charge in [0.2, 0.25) is 0 Å². The molecule has 2 heterocycles. The van der Waals surface area contributed by atoms with Gasteiger partial charge in [-0.25, -0.2) is 4.79 Å². The Bertz CT molecular complexity index is 1070. The molecule has 1 N–H and O–H groups in total. The summed E-state index contributed by atoms with van der Waals surface area (Å²) in [4.78, 5) is 16.5. The maximum absolute atomic E-state index is 12.6. The lowest BCUT2D eigenvalue weighted by Crippen LogP contribution is -2.50. The molecule has 31 heavy (non-hydrogen) atoms. The number of aromatic nitrogens is 2. The minimum absolute atomic E-state index is 0.147. The van der Waals surface area contributed by atoms with Crippen molar-refractivity contribution < 1.29 is 9.53 Å². The fourth-order valence-electron chi connectivity index (χ4n) is 3.50. The van der Waals surface area contributed by atoms with Crippen molar-refractivity contribution in [1.29, 1.82) is 0 Å². The zero-order valence-electron chi connectivity index (χ0n) is 17.5. The highest BCUT2D eigenvalue weighted by Crippen LogP contribution is 2.25. The van der Waals surface area contributed by atoms with Crippen molar-refractivity contribution >= 4 is 29.1 Å². The van der Waals surface area contributed by atoms with Gasteiger partial charge in [-0.05, 0) is 48.9 Å². The van der Waals surface area contributed by atoms with E-state index in [0.717, 1.165) is 28.4 Å². The first-order valence-corrected chi connectivity index (χ1v) is 10.5. The molecule has 4 rings (SSSR count). The van der Waals surface area contributed by atoms with E-state index < -0.39 is 0 Å². The topological polar surface area (TPSA) is 70.6 Å². The molecular weight excluding hydrogens is 414 g/mol. The van der Waals surface area contributed by atoms with Gasteiger partial charge in [0, 0.05) is 31.7 Å². The molecule has 0 atom stereocenters. The van der Waals surface area contributed by atoms with Crippen LogP contribution in [-0.4, -0.2) is 54.4 Å². The molecular formula is C23H24ClN5O2. The summed E-state index contributed by atoms with van der Waals surface area (Å²) >= 11 is 6.19. The van der Waals surface area contributed by atoms with Crippen LogP contribution in [0.5, 0.6) is 5.75 Å². The Hall–Kier alpha value is -3.32. The molecule has 0 aliphatic carbocycles. The van der Waals surface area contributed by atoms with Crippen molar-refractivity contribution in [3.05, 3.63) is 65.2 Å². The normalized spacial score (nSPS) is 13.8. The number of nitrogens with zero attached hydrogens (tertiary/aromatic N) is 4. The van der Waals surface area contributed by atoms with Crippen molar-refractivity contribution in [2.75, 3.05) is 43.5 Å². The molecule has 0 spiro atoms. The van der Waals surface area contributed by atoms with E-state index >= 15 is 0 Å². The van der Waals surface area contributed by atoms with E-state index in [9.17, 15) is 4.79 Å². The summed E-state index contributed by atoms with van der Waals surface area (Å²) in [7, 11) is 1.64. The average molecular weight is 438 g/mol. The van der Waals surface area contributed by atoms with Gasteiger partial charge in [-0.15, -0.1) is 10.2 Å². The number of carbonyl (C=O) groups is 1. The fraction of sp³-hybridized carbons (Fsp3) is 0.261. The van der Waals surface area contributed by atoms with E-state index in [1.54, 1.807) is 18.1 Å². The standard InChI is InChI=1S/C23H24ClN5O2/c1-16-6-7-19(24)21(14-16)25-23(30)29-12-10-28(11-13-29)22-9-8-20(26-27-22)17-4-3-5-18(15-17)31-2/h3-9,14-15H,10-13H2,1-2H3,(H,25,30). The predicted molar refractivity (Wildman–Crippen MR) is 123 cm³/mol. The number of halogens is 1. The smallest absolute Gasteiger partial charge is 0.322 e. The first-order valence-electron chi connectivity index (χ1n) is 10.1. The highest BCUT2D eigenvalue weighted by molar-refractivity contribution is 6.33. The van der Waals surface area contributed by atoms with Crippen LogP contribution in [-0.2, 0) is 0 Å². The summed E-state index contributed by atoms with van der Waals surface area (Å²) in [5, 5.41) is 12.2. The highest BCUT2D eigenvalue weighted by Gasteiger charge is 2.22. The summed E-state index contributed by atoms with van der Waals surface area (Å²) in [6, 6.07) is 17.1. The summed E-state index contributed by atoms with van der Waals surface area (Å²) in [6.45, 7) is 4.51. The minimum atomic E-state index is -0.147. The average Bonchev–Trinajstić information content (AvgIpc) is 2.81. The second kappa shape index (κ2) is 9.22. The van der Waals surface area contributed by atoms with Gasteiger partial charge in [0.15, 0.2) is 5.82 Å². The summed E-state index contributed by atoms with van der Waals surface area (Å²) < 4.78 is 5.27. The predicted octanol–water partition coefficient (Wildman–Crippen LogP) is 4.47. The number of rotatable bonds is 4. The lowest BCUT2D eigenvalue weighted by atomic mass is 10.1. The lowest BCUT2D eigenvalue weighted by molar-refractivity contribution is 0.208. The molecule has 1 aromatic heterocycles. The number of piperazine rings is 1. The van der Waals surface area contributed by atoms with E-state index in [2.05, 4.69) is 20.4 Å². The maximum atomic E-state index is 12.6. The van der Waals surface area contributed by atoms with Gasteiger partial charge in [-0.1, -0.05) is 29.8 Å². The number of carbonyl (C=O) groups excluding carboxylic acids is 1. The Kier molecular flexibility index (Phi) is 6.23. The number of aryl methyl sites for hydroxylation is 1. The summed E-state index contributed by atoms with van der Waals surface area (Å²) in [5.74, 6) is 1.58. The molecule has 0 unspecified atom stereocenters. The number of methoxy groups -OCH3 is 1. The second-order valence-corrected chi connectivity index (χ2v) is 7.80. The van der Waals surface area contributed by atoms with Crippen LogP contribution in [0.25, 0.3) is 11.3 Å². The van der Waals surface area contributed by atoms with Crippen molar-refractivity contribution in [1.82, 2.24) is 15.1 Å². The van der Waals surface area contributed by atoms with Crippen LogP contribution in [0.3, 0.4) is 0 Å². The molecule has 3 aromatic rings. The van der Waals surface area contributed by atoms with Gasteiger partial charge in [0.1, 0.15) is 5.75 Å². The number of hydrogen-bond acceptors (Lipinski definition) is 5. The van der Waals surface area contributed by atoms with Gasteiger partial charge < -0.3 is 19.9 Å². The van der Waals surface area contributed by atoms with Crippen molar-refractivity contribution in [2.24, 2.45) is 0 Å². The third-order valence-electron chi connectivity index (χ3n) is 5.27. The van der Waals surface area contributed by atoms with Crippen LogP contribution in [0.1, 0.15) is 5.56 Å². The second-order valence-electron chi connectivity index (χ2n) is 7.40. The zero-order chi connectivity index (χ0) is 21.8. The van der Waals surface area contributed by atoms with Crippen molar-refractivity contribution in [3.8, 4) is 17.0 Å². The number of anilines is 2. The van der Waals surface area contributed by atoms with E-state index in [1.165, 1.54) is 0 Å². The van der Waals surface area contributed by atoms with Crippen molar-refractivity contribution in [3.63, 3.8) is 0 Å². The van der Waals surface area contributed by atoms with E-state index in [1.807, 2.05) is 55.5 Å². The number of benzene rings is 2. The number of ether oxygens (including phenoxy) is 1. The van der Waals surface area contributed by atoms with Crippen LogP contribution >= 0.6 is 11.6 Å². The van der Waals surface area contributed by atoms with Gasteiger partial charge in [0.05, 0.1) is 23.5 Å². The Balaban J connectivity index is 1.36. The molecule has 1 fully saturated rings. The quantitative estimate of drug-likeness (QED) is 0.652. The van der Waals surface area contributed by atoms with Crippen LogP contribution < -0.4 is 15.0 Å². The van der Waals surface area contributed by atoms with Crippen LogP contribution in [0.4, 0.5) is 16.3 Å². The largest absolute Gasteiger partial charge is 0.497 e. The minimum Gasteiger partial charge on any atom is -0.497 e. The molecule has 2 amide bonds. The molecule has 0 bridgehead atoms. The van der Waals surface area contributed by atoms with Crippen molar-refractivity contribution in [2.45, 2.75) is 6.92 Å². The van der Waals surface area contributed by atoms with Crippen LogP contribution in [0.2, 0.25) is 5.02 Å². The Labute approximate surface area is 186 Å². The van der Waals surface area contributed by atoms with Gasteiger partial charge in [-0.2, -0.15) is 0 Å². The van der Waals surface area contributed by atoms with E-state index in [0.29, 0.717) is 36.9 Å². The lowest BCUT2D eigenvalue weighted by Gasteiger charge is -2.35. The summed E-state index contributed by atoms with van der Waals surface area (Å²) in [6.07, 6.45) is 0. The summed E-state index contributed by atoms with van der Waals surface area (Å²) in [5.41, 5.74) is 3.42. The molecule has 1 saturated heterocycles. The van der Waals surface area contributed by atoms with E-state index in [-0.39, 0.29) is 6.03 Å². The van der Waals surface area contributed by atoms with Gasteiger partial charge >= 0.3 is 6.03 Å². The first-order chi connectivity index (χ1) is 15.0. The molecule has 7 nitrogen and oxygen atoms in total. The highest BCUT2D eigenvalue weighted by atomic mass is 35.5. The number of hydrogen-bond donors (Lipinski definition) is 1. The maximum Gasteiger partial charge on any atom is 0.322 e. The number of amides is 2. The number of nitrogens with one attached hydrogen (secondary N) is 1. The fourth-order valence-corrected chi connectivity index (χ4v) is 3.66. The molecule has 0 radical (unpaired) electrons. The molecule has 1 aliphatic heterocycles. The molecule has 160 valence electrons. The van der Waals surface area contributed by atoms with Crippen LogP contribution in [0.15, 0.2) is 54.6 Å². The molecule has 2 aromatic carbocycles. The van der Waals surface area contributed by atoms with E-state index in [4.69, 9.17) is 16.3 Å².